The van der Waals surface area contributed by atoms with Crippen LogP contribution in [0.5, 0.6) is 0 Å². The number of hydrogen-bond acceptors (Lipinski definition) is 4. The molecule has 0 spiro atoms. The van der Waals surface area contributed by atoms with Crippen molar-refractivity contribution >= 4 is 28.3 Å². The zero-order valence-electron chi connectivity index (χ0n) is 13.4. The number of benzene rings is 1. The summed E-state index contributed by atoms with van der Waals surface area (Å²) in [5.74, 6) is -0.226. The second kappa shape index (κ2) is 8.43. The van der Waals surface area contributed by atoms with Gasteiger partial charge in [0.1, 0.15) is 0 Å². The molecule has 0 aliphatic rings. The number of nitrogens with one attached hydrogen (secondary N) is 1. The summed E-state index contributed by atoms with van der Waals surface area (Å²) >= 11 is 1.38. The predicted octanol–water partition coefficient (Wildman–Crippen LogP) is 2.87. The Morgan fingerprint density at radius 1 is 1.26 bits per heavy atom. The van der Waals surface area contributed by atoms with Gasteiger partial charge in [0.25, 0.3) is 0 Å². The molecule has 0 aliphatic carbocycles. The fourth-order valence-corrected chi connectivity index (χ4v) is 2.88. The summed E-state index contributed by atoms with van der Waals surface area (Å²) in [6.07, 6.45) is 1.09. The fraction of sp³-hybridized carbons (Fsp3) is 0.353. The first-order valence-corrected chi connectivity index (χ1v) is 8.50. The van der Waals surface area contributed by atoms with Crippen molar-refractivity contribution < 1.29 is 9.59 Å². The number of amides is 2. The molecule has 1 heterocycles. The second-order valence-corrected chi connectivity index (χ2v) is 6.09. The molecule has 1 aromatic heterocycles. The molecule has 0 unspecified atom stereocenters. The van der Waals surface area contributed by atoms with Gasteiger partial charge in [-0.2, -0.15) is 0 Å². The minimum absolute atomic E-state index is 0.0122. The Hall–Kier alpha value is -2.21. The van der Waals surface area contributed by atoms with Crippen LogP contribution in [0, 0.1) is 6.92 Å². The van der Waals surface area contributed by atoms with E-state index < -0.39 is 0 Å². The Morgan fingerprint density at radius 3 is 2.61 bits per heavy atom. The van der Waals surface area contributed by atoms with E-state index in [1.165, 1.54) is 11.3 Å². The van der Waals surface area contributed by atoms with Crippen LogP contribution in [0.4, 0.5) is 5.13 Å². The van der Waals surface area contributed by atoms with Gasteiger partial charge in [-0.3, -0.25) is 9.59 Å². The SMILES string of the molecule is CCN(CC(=O)Nc1nc(C)cs1)C(=O)CCc1ccccc1. The molecular weight excluding hydrogens is 310 g/mol. The highest BCUT2D eigenvalue weighted by Crippen LogP contribution is 2.14. The van der Waals surface area contributed by atoms with Crippen LogP contribution in [0.15, 0.2) is 35.7 Å². The molecule has 0 saturated carbocycles. The van der Waals surface area contributed by atoms with Crippen molar-refractivity contribution in [1.29, 1.82) is 0 Å². The number of hydrogen-bond donors (Lipinski definition) is 1. The molecule has 0 atom stereocenters. The first-order chi connectivity index (χ1) is 11.1. The molecule has 5 nitrogen and oxygen atoms in total. The molecule has 2 rings (SSSR count). The first kappa shape index (κ1) is 17.1. The smallest absolute Gasteiger partial charge is 0.245 e. The van der Waals surface area contributed by atoms with Crippen molar-refractivity contribution in [2.45, 2.75) is 26.7 Å². The van der Waals surface area contributed by atoms with E-state index in [0.717, 1.165) is 11.3 Å². The third-order valence-corrected chi connectivity index (χ3v) is 4.28. The zero-order valence-corrected chi connectivity index (χ0v) is 14.2. The summed E-state index contributed by atoms with van der Waals surface area (Å²) in [4.78, 5) is 30.1. The molecule has 6 heteroatoms. The van der Waals surface area contributed by atoms with Crippen LogP contribution in [0.1, 0.15) is 24.6 Å². The lowest BCUT2D eigenvalue weighted by Crippen LogP contribution is -2.38. The van der Waals surface area contributed by atoms with Gasteiger partial charge in [0.15, 0.2) is 5.13 Å². The summed E-state index contributed by atoms with van der Waals surface area (Å²) in [6.45, 7) is 4.32. The van der Waals surface area contributed by atoms with E-state index in [0.29, 0.717) is 24.5 Å². The third-order valence-electron chi connectivity index (χ3n) is 3.40. The van der Waals surface area contributed by atoms with Gasteiger partial charge in [0, 0.05) is 18.3 Å². The molecule has 1 N–H and O–H groups in total. The Bertz CT molecular complexity index is 655. The number of rotatable bonds is 7. The maximum absolute atomic E-state index is 12.3. The van der Waals surface area contributed by atoms with Crippen molar-refractivity contribution in [3.05, 3.63) is 47.0 Å². The number of carbonyl (C=O) groups is 2. The standard InChI is InChI=1S/C17H21N3O2S/c1-3-20(11-15(21)19-17-18-13(2)12-23-17)16(22)10-9-14-7-5-4-6-8-14/h4-8,12H,3,9-11H2,1-2H3,(H,18,19,21). The largest absolute Gasteiger partial charge is 0.334 e. The van der Waals surface area contributed by atoms with Crippen molar-refractivity contribution in [3.63, 3.8) is 0 Å². The number of carbonyl (C=O) groups excluding carboxylic acids is 2. The molecule has 0 saturated heterocycles. The van der Waals surface area contributed by atoms with Gasteiger partial charge in [-0.25, -0.2) is 4.98 Å². The van der Waals surface area contributed by atoms with Crippen LogP contribution in [0.2, 0.25) is 0 Å². The highest BCUT2D eigenvalue weighted by Gasteiger charge is 2.16. The van der Waals surface area contributed by atoms with Crippen molar-refractivity contribution in [1.82, 2.24) is 9.88 Å². The number of nitrogens with zero attached hydrogens (tertiary/aromatic N) is 2. The van der Waals surface area contributed by atoms with Crippen molar-refractivity contribution in [2.24, 2.45) is 0 Å². The number of aryl methyl sites for hydroxylation is 2. The second-order valence-electron chi connectivity index (χ2n) is 5.24. The summed E-state index contributed by atoms with van der Waals surface area (Å²) < 4.78 is 0. The minimum Gasteiger partial charge on any atom is -0.334 e. The molecule has 2 amide bonds. The Kier molecular flexibility index (Phi) is 6.29. The molecule has 0 bridgehead atoms. The number of aromatic nitrogens is 1. The normalized spacial score (nSPS) is 10.3. The lowest BCUT2D eigenvalue weighted by molar-refractivity contribution is -0.134. The highest BCUT2D eigenvalue weighted by molar-refractivity contribution is 7.13. The van der Waals surface area contributed by atoms with Crippen LogP contribution in [0.25, 0.3) is 0 Å². The lowest BCUT2D eigenvalue weighted by Gasteiger charge is -2.20. The Balaban J connectivity index is 1.83. The number of likely N-dealkylation sites (N-methyl/N-ethyl adjacent to an activating group) is 1. The van der Waals surface area contributed by atoms with Crippen LogP contribution in [0.3, 0.4) is 0 Å². The Labute approximate surface area is 140 Å². The fourth-order valence-electron chi connectivity index (χ4n) is 2.17. The predicted molar refractivity (Wildman–Crippen MR) is 92.5 cm³/mol. The monoisotopic (exact) mass is 331 g/mol. The molecule has 2 aromatic rings. The van der Waals surface area contributed by atoms with Gasteiger partial charge >= 0.3 is 0 Å². The maximum atomic E-state index is 12.3. The van der Waals surface area contributed by atoms with Gasteiger partial charge in [-0.1, -0.05) is 30.3 Å². The minimum atomic E-state index is -0.214. The molecular formula is C17H21N3O2S. The average Bonchev–Trinajstić information content (AvgIpc) is 2.96. The van der Waals surface area contributed by atoms with Gasteiger partial charge in [0.2, 0.25) is 11.8 Å². The van der Waals surface area contributed by atoms with Gasteiger partial charge in [0.05, 0.1) is 12.2 Å². The van der Waals surface area contributed by atoms with E-state index in [2.05, 4.69) is 10.3 Å². The van der Waals surface area contributed by atoms with E-state index in [1.54, 1.807) is 4.90 Å². The third kappa shape index (κ3) is 5.49. The summed E-state index contributed by atoms with van der Waals surface area (Å²) in [6, 6.07) is 9.87. The number of thiazole rings is 1. The molecule has 1 aromatic carbocycles. The zero-order chi connectivity index (χ0) is 16.7. The van der Waals surface area contributed by atoms with Crippen LogP contribution >= 0.6 is 11.3 Å². The van der Waals surface area contributed by atoms with Crippen LogP contribution < -0.4 is 5.32 Å². The van der Waals surface area contributed by atoms with Crippen LogP contribution in [-0.2, 0) is 16.0 Å². The summed E-state index contributed by atoms with van der Waals surface area (Å²) in [7, 11) is 0. The number of anilines is 1. The van der Waals surface area contributed by atoms with E-state index >= 15 is 0 Å². The van der Waals surface area contributed by atoms with E-state index in [1.807, 2.05) is 49.6 Å². The topological polar surface area (TPSA) is 62.3 Å². The van der Waals surface area contributed by atoms with E-state index in [-0.39, 0.29) is 18.4 Å². The van der Waals surface area contributed by atoms with Gasteiger partial charge in [-0.05, 0) is 25.8 Å². The molecule has 122 valence electrons. The van der Waals surface area contributed by atoms with Gasteiger partial charge in [-0.15, -0.1) is 11.3 Å². The molecule has 0 radical (unpaired) electrons. The molecule has 0 fully saturated rings. The van der Waals surface area contributed by atoms with Crippen molar-refractivity contribution in [2.75, 3.05) is 18.4 Å². The highest BCUT2D eigenvalue weighted by atomic mass is 32.1. The molecule has 0 aliphatic heterocycles. The molecule has 23 heavy (non-hydrogen) atoms. The first-order valence-electron chi connectivity index (χ1n) is 7.62. The van der Waals surface area contributed by atoms with Crippen LogP contribution in [-0.4, -0.2) is 34.8 Å². The van der Waals surface area contributed by atoms with E-state index in [9.17, 15) is 9.59 Å². The lowest BCUT2D eigenvalue weighted by atomic mass is 10.1. The van der Waals surface area contributed by atoms with E-state index in [4.69, 9.17) is 0 Å². The maximum Gasteiger partial charge on any atom is 0.245 e. The Morgan fingerprint density at radius 2 is 2.00 bits per heavy atom. The van der Waals surface area contributed by atoms with Gasteiger partial charge < -0.3 is 10.2 Å². The summed E-state index contributed by atoms with van der Waals surface area (Å²) in [5, 5.41) is 5.17. The average molecular weight is 331 g/mol. The van der Waals surface area contributed by atoms with Crippen molar-refractivity contribution in [3.8, 4) is 0 Å². The quantitative estimate of drug-likeness (QED) is 0.848. The summed E-state index contributed by atoms with van der Waals surface area (Å²) in [5.41, 5.74) is 2.00.